The molecule has 1 aromatic carbocycles. The second-order valence-electron chi connectivity index (χ2n) is 5.49. The second-order valence-corrected chi connectivity index (χ2v) is 5.49. The second kappa shape index (κ2) is 7.65. The van der Waals surface area contributed by atoms with E-state index in [0.29, 0.717) is 6.61 Å². The van der Waals surface area contributed by atoms with Gasteiger partial charge in [-0.3, -0.25) is 0 Å². The Morgan fingerprint density at radius 1 is 1.35 bits per heavy atom. The highest BCUT2D eigenvalue weighted by Gasteiger charge is 2.25. The predicted octanol–water partition coefficient (Wildman–Crippen LogP) is 2.00. The molecule has 0 aliphatic carbocycles. The molecule has 3 unspecified atom stereocenters. The number of rotatable bonds is 5. The van der Waals surface area contributed by atoms with Gasteiger partial charge in [-0.05, 0) is 37.5 Å². The van der Waals surface area contributed by atoms with E-state index in [-0.39, 0.29) is 17.7 Å². The minimum atomic E-state index is -1.60. The third kappa shape index (κ3) is 4.35. The molecule has 1 heterocycles. The third-order valence-electron chi connectivity index (χ3n) is 3.78. The monoisotopic (exact) mass is 332 g/mol. The number of aliphatic hydroxyl groups is 1. The van der Waals surface area contributed by atoms with E-state index in [1.807, 2.05) is 0 Å². The molecule has 2 rings (SSSR count). The van der Waals surface area contributed by atoms with Crippen LogP contribution in [0.2, 0.25) is 0 Å². The van der Waals surface area contributed by atoms with E-state index in [1.54, 1.807) is 6.92 Å². The summed E-state index contributed by atoms with van der Waals surface area (Å²) in [6.45, 7) is 1.83. The summed E-state index contributed by atoms with van der Waals surface area (Å²) in [4.78, 5) is 11.9. The Labute approximate surface area is 131 Å². The van der Waals surface area contributed by atoms with Gasteiger partial charge in [0, 0.05) is 6.61 Å². The van der Waals surface area contributed by atoms with Crippen molar-refractivity contribution in [2.75, 3.05) is 13.2 Å². The van der Waals surface area contributed by atoms with Gasteiger partial charge >= 0.3 is 6.03 Å². The summed E-state index contributed by atoms with van der Waals surface area (Å²) >= 11 is 0. The van der Waals surface area contributed by atoms with Gasteiger partial charge < -0.3 is 20.5 Å². The number of ether oxygens (including phenoxy) is 1. The Kier molecular flexibility index (Phi) is 5.84. The molecule has 3 atom stereocenters. The van der Waals surface area contributed by atoms with Gasteiger partial charge in [0.05, 0.1) is 24.8 Å². The molecule has 2 amide bonds. The lowest BCUT2D eigenvalue weighted by molar-refractivity contribution is 0.0856. The number of hydrogen-bond acceptors (Lipinski definition) is 3. The molecule has 0 bridgehead atoms. The van der Waals surface area contributed by atoms with Crippen molar-refractivity contribution in [3.8, 4) is 0 Å². The first kappa shape index (κ1) is 17.6. The maximum atomic E-state index is 13.2. The number of aliphatic hydroxyl groups excluding tert-OH is 1. The number of halogens is 3. The molecular formula is C15H19F3N2O3. The lowest BCUT2D eigenvalue weighted by Crippen LogP contribution is -2.47. The van der Waals surface area contributed by atoms with Gasteiger partial charge in [0.15, 0.2) is 17.5 Å². The van der Waals surface area contributed by atoms with Gasteiger partial charge in [0.25, 0.3) is 0 Å². The fraction of sp³-hybridized carbons (Fsp3) is 0.533. The zero-order chi connectivity index (χ0) is 17.0. The summed E-state index contributed by atoms with van der Waals surface area (Å²) in [5.74, 6) is -4.36. The van der Waals surface area contributed by atoms with Crippen molar-refractivity contribution in [2.24, 2.45) is 0 Å². The maximum Gasteiger partial charge on any atom is 0.315 e. The topological polar surface area (TPSA) is 70.6 Å². The van der Waals surface area contributed by atoms with Crippen LogP contribution in [-0.4, -0.2) is 36.5 Å². The normalized spacial score (nSPS) is 20.1. The van der Waals surface area contributed by atoms with Crippen molar-refractivity contribution >= 4 is 6.03 Å². The van der Waals surface area contributed by atoms with Crippen LogP contribution in [-0.2, 0) is 4.74 Å². The van der Waals surface area contributed by atoms with Crippen LogP contribution in [0.5, 0.6) is 0 Å². The number of urea groups is 1. The fourth-order valence-electron chi connectivity index (χ4n) is 2.51. The number of benzene rings is 1. The van der Waals surface area contributed by atoms with Crippen molar-refractivity contribution < 1.29 is 27.8 Å². The van der Waals surface area contributed by atoms with Gasteiger partial charge in [-0.25, -0.2) is 18.0 Å². The van der Waals surface area contributed by atoms with Crippen LogP contribution in [0, 0.1) is 17.5 Å². The molecule has 23 heavy (non-hydrogen) atoms. The molecule has 1 aromatic rings. The van der Waals surface area contributed by atoms with Crippen molar-refractivity contribution in [3.63, 3.8) is 0 Å². The Morgan fingerprint density at radius 2 is 2.00 bits per heavy atom. The van der Waals surface area contributed by atoms with Crippen molar-refractivity contribution in [3.05, 3.63) is 35.1 Å². The smallest absolute Gasteiger partial charge is 0.315 e. The van der Waals surface area contributed by atoms with E-state index in [9.17, 15) is 23.1 Å². The first-order valence-corrected chi connectivity index (χ1v) is 7.36. The Morgan fingerprint density at radius 3 is 2.52 bits per heavy atom. The molecule has 0 radical (unpaired) electrons. The third-order valence-corrected chi connectivity index (χ3v) is 3.78. The highest BCUT2D eigenvalue weighted by atomic mass is 19.2. The molecule has 1 aliphatic heterocycles. The van der Waals surface area contributed by atoms with Crippen LogP contribution in [0.15, 0.2) is 12.1 Å². The molecule has 0 aromatic heterocycles. The molecule has 0 spiro atoms. The number of carbonyl (C=O) groups excluding carboxylic acids is 1. The van der Waals surface area contributed by atoms with E-state index in [1.165, 1.54) is 0 Å². The maximum absolute atomic E-state index is 13.2. The average molecular weight is 332 g/mol. The van der Waals surface area contributed by atoms with Gasteiger partial charge in [-0.15, -0.1) is 0 Å². The highest BCUT2D eigenvalue weighted by molar-refractivity contribution is 5.74. The molecule has 128 valence electrons. The largest absolute Gasteiger partial charge is 0.394 e. The van der Waals surface area contributed by atoms with Gasteiger partial charge in [0.1, 0.15) is 0 Å². The molecule has 1 fully saturated rings. The van der Waals surface area contributed by atoms with E-state index in [0.717, 1.165) is 25.0 Å². The van der Waals surface area contributed by atoms with Crippen LogP contribution in [0.3, 0.4) is 0 Å². The van der Waals surface area contributed by atoms with Crippen molar-refractivity contribution in [1.82, 2.24) is 10.6 Å². The summed E-state index contributed by atoms with van der Waals surface area (Å²) in [6, 6.07) is -0.446. The Hall–Kier alpha value is -1.80. The Balaban J connectivity index is 1.99. The van der Waals surface area contributed by atoms with E-state index < -0.39 is 36.1 Å². The van der Waals surface area contributed by atoms with Crippen LogP contribution in [0.4, 0.5) is 18.0 Å². The predicted molar refractivity (Wildman–Crippen MR) is 76.2 cm³/mol. The molecule has 1 aliphatic rings. The minimum absolute atomic E-state index is 0.0659. The van der Waals surface area contributed by atoms with Crippen molar-refractivity contribution in [1.29, 1.82) is 0 Å². The van der Waals surface area contributed by atoms with Crippen molar-refractivity contribution in [2.45, 2.75) is 38.0 Å². The minimum Gasteiger partial charge on any atom is -0.394 e. The molecule has 3 N–H and O–H groups in total. The van der Waals surface area contributed by atoms with Crippen LogP contribution in [0.1, 0.15) is 31.4 Å². The SMILES string of the molecule is CC(NC(=O)NC(CO)c1cc(F)c(F)c(F)c1)C1CCCO1. The standard InChI is InChI=1S/C15H19F3N2O3/c1-8(13-3-2-4-23-13)19-15(22)20-12(7-21)9-5-10(16)14(18)11(17)6-9/h5-6,8,12-13,21H,2-4,7H2,1H3,(H2,19,20,22). The molecular weight excluding hydrogens is 313 g/mol. The number of carbonyl (C=O) groups is 1. The Bertz CT molecular complexity index is 542. The lowest BCUT2D eigenvalue weighted by atomic mass is 10.1. The average Bonchev–Trinajstić information content (AvgIpc) is 3.04. The molecule has 5 nitrogen and oxygen atoms in total. The highest BCUT2D eigenvalue weighted by Crippen LogP contribution is 2.19. The van der Waals surface area contributed by atoms with Crippen LogP contribution >= 0.6 is 0 Å². The van der Waals surface area contributed by atoms with E-state index >= 15 is 0 Å². The van der Waals surface area contributed by atoms with Gasteiger partial charge in [-0.1, -0.05) is 0 Å². The summed E-state index contributed by atoms with van der Waals surface area (Å²) in [6.07, 6.45) is 1.67. The first-order valence-electron chi connectivity index (χ1n) is 7.36. The van der Waals surface area contributed by atoms with Gasteiger partial charge in [0.2, 0.25) is 0 Å². The number of nitrogens with one attached hydrogen (secondary N) is 2. The molecule has 0 saturated carbocycles. The van der Waals surface area contributed by atoms with E-state index in [2.05, 4.69) is 10.6 Å². The molecule has 1 saturated heterocycles. The summed E-state index contributed by atoms with van der Waals surface area (Å²) in [5, 5.41) is 14.4. The number of amides is 2. The zero-order valence-electron chi connectivity index (χ0n) is 12.6. The fourth-order valence-corrected chi connectivity index (χ4v) is 2.51. The lowest BCUT2D eigenvalue weighted by Gasteiger charge is -2.23. The van der Waals surface area contributed by atoms with E-state index in [4.69, 9.17) is 4.74 Å². The van der Waals surface area contributed by atoms with Crippen LogP contribution in [0.25, 0.3) is 0 Å². The first-order chi connectivity index (χ1) is 10.9. The van der Waals surface area contributed by atoms with Gasteiger partial charge in [-0.2, -0.15) is 0 Å². The summed E-state index contributed by atoms with van der Waals surface area (Å²) < 4.78 is 44.9. The number of hydrogen-bond donors (Lipinski definition) is 3. The molecule has 8 heteroatoms. The zero-order valence-corrected chi connectivity index (χ0v) is 12.6. The summed E-state index contributed by atoms with van der Waals surface area (Å²) in [7, 11) is 0. The summed E-state index contributed by atoms with van der Waals surface area (Å²) in [5.41, 5.74) is -0.0659. The quantitative estimate of drug-likeness (QED) is 0.723. The van der Waals surface area contributed by atoms with Crippen LogP contribution < -0.4 is 10.6 Å².